The zero-order valence-corrected chi connectivity index (χ0v) is 42.4. The number of esters is 1. The molecule has 0 aromatic rings. The van der Waals surface area contributed by atoms with Gasteiger partial charge in [-0.2, -0.15) is 0 Å². The molecule has 0 saturated carbocycles. The normalized spacial score (nSPS) is 20.7. The number of nitrogens with one attached hydrogen (secondary N) is 1. The third kappa shape index (κ3) is 33.2. The van der Waals surface area contributed by atoms with Crippen LogP contribution in [0.4, 0.5) is 0 Å². The Morgan fingerprint density at radius 1 is 0.588 bits per heavy atom. The van der Waals surface area contributed by atoms with Gasteiger partial charge in [0.05, 0.1) is 25.4 Å². The maximum atomic E-state index is 13.3. The van der Waals surface area contributed by atoms with Crippen LogP contribution >= 0.6 is 0 Å². The second kappa shape index (κ2) is 44.8. The van der Waals surface area contributed by atoms with Crippen molar-refractivity contribution >= 4 is 11.9 Å². The Kier molecular flexibility index (Phi) is 41.2. The first-order valence-corrected chi connectivity index (χ1v) is 26.6. The predicted octanol–water partition coefficient (Wildman–Crippen LogP) is 11.2. The van der Waals surface area contributed by atoms with Crippen molar-refractivity contribution in [2.24, 2.45) is 0 Å². The van der Waals surface area contributed by atoms with Crippen molar-refractivity contribution in [1.29, 1.82) is 0 Å². The molecule has 0 aliphatic carbocycles. The molecular weight excluding hydrogens is 859 g/mol. The van der Waals surface area contributed by atoms with Crippen LogP contribution in [0.1, 0.15) is 188 Å². The first-order chi connectivity index (χ1) is 33.2. The van der Waals surface area contributed by atoms with Crippen LogP contribution in [0.5, 0.6) is 0 Å². The zero-order valence-electron chi connectivity index (χ0n) is 42.4. The number of unbranched alkanes of at least 4 members (excludes halogenated alkanes) is 19. The quantitative estimate of drug-likeness (QED) is 0.0150. The van der Waals surface area contributed by atoms with E-state index in [2.05, 4.69) is 50.4 Å². The number of carbonyl (C=O) groups is 2. The fraction of sp³-hybridized carbons (Fsp3) is 0.684. The summed E-state index contributed by atoms with van der Waals surface area (Å²) in [4.78, 5) is 26.3. The van der Waals surface area contributed by atoms with Gasteiger partial charge in [-0.15, -0.1) is 0 Å². The molecular formula is C57H95NO10. The zero-order chi connectivity index (χ0) is 49.7. The summed E-state index contributed by atoms with van der Waals surface area (Å²) < 4.78 is 17.5. The Morgan fingerprint density at radius 2 is 1.09 bits per heavy atom. The molecule has 0 aromatic carbocycles. The third-order valence-corrected chi connectivity index (χ3v) is 11.9. The van der Waals surface area contributed by atoms with Crippen molar-refractivity contribution in [1.82, 2.24) is 5.32 Å². The molecule has 11 nitrogen and oxygen atoms in total. The van der Waals surface area contributed by atoms with Gasteiger partial charge in [0.2, 0.25) is 5.91 Å². The molecule has 11 heteroatoms. The van der Waals surface area contributed by atoms with Gasteiger partial charge in [0.1, 0.15) is 24.4 Å². The molecule has 1 heterocycles. The molecule has 0 bridgehead atoms. The van der Waals surface area contributed by atoms with Gasteiger partial charge >= 0.3 is 5.97 Å². The Bertz CT molecular complexity index is 1470. The van der Waals surface area contributed by atoms with E-state index < -0.39 is 67.4 Å². The van der Waals surface area contributed by atoms with E-state index >= 15 is 0 Å². The van der Waals surface area contributed by atoms with Gasteiger partial charge < -0.3 is 45.1 Å². The average Bonchev–Trinajstić information content (AvgIpc) is 3.33. The fourth-order valence-electron chi connectivity index (χ4n) is 7.60. The van der Waals surface area contributed by atoms with Crippen LogP contribution in [-0.2, 0) is 23.8 Å². The van der Waals surface area contributed by atoms with Gasteiger partial charge in [-0.1, -0.05) is 214 Å². The monoisotopic (exact) mass is 954 g/mol. The van der Waals surface area contributed by atoms with E-state index in [1.807, 2.05) is 66.8 Å². The molecule has 388 valence electrons. The molecule has 1 fully saturated rings. The molecule has 8 atom stereocenters. The van der Waals surface area contributed by atoms with Crippen LogP contribution in [0.15, 0.2) is 97.2 Å². The van der Waals surface area contributed by atoms with Gasteiger partial charge in [-0.3, -0.25) is 9.59 Å². The Morgan fingerprint density at radius 3 is 1.68 bits per heavy atom. The lowest BCUT2D eigenvalue weighted by atomic mass is 9.99. The van der Waals surface area contributed by atoms with Gasteiger partial charge in [-0.25, -0.2) is 0 Å². The highest BCUT2D eigenvalue weighted by Gasteiger charge is 2.47. The van der Waals surface area contributed by atoms with Crippen molar-refractivity contribution in [3.8, 4) is 0 Å². The highest BCUT2D eigenvalue weighted by atomic mass is 16.7. The minimum Gasteiger partial charge on any atom is -0.454 e. The molecule has 1 aliphatic heterocycles. The number of rotatable bonds is 42. The summed E-state index contributed by atoms with van der Waals surface area (Å²) in [6.07, 6.45) is 47.4. The van der Waals surface area contributed by atoms with Gasteiger partial charge in [0.25, 0.3) is 0 Å². The first kappa shape index (κ1) is 62.6. The van der Waals surface area contributed by atoms with Crippen molar-refractivity contribution in [3.05, 3.63) is 97.2 Å². The van der Waals surface area contributed by atoms with Crippen LogP contribution in [-0.4, -0.2) is 99.6 Å². The number of amides is 1. The molecule has 0 spiro atoms. The summed E-state index contributed by atoms with van der Waals surface area (Å²) in [5.74, 6) is -1.26. The molecule has 68 heavy (non-hydrogen) atoms. The summed E-state index contributed by atoms with van der Waals surface area (Å²) in [5, 5.41) is 56.6. The van der Waals surface area contributed by atoms with Crippen molar-refractivity contribution in [3.63, 3.8) is 0 Å². The standard InChI is InChI=1S/C57H95NO10/c1-4-7-10-13-16-19-22-24-25-26-27-28-30-33-36-39-42-45-52(62)68-55-54(64)53(63)51(46-59)67-57(55)66-47-48(49(60)43-40-37-34-32-29-23-20-17-14-11-8-5-2)58-56(65)50(61)44-41-38-35-31-21-18-15-12-9-6-3/h7,10,13,15-16,18-19,22,24-28,30,40,43,48-51,53-55,57,59-61,63-64H,4-6,8-9,11-12,14,17,20-21,23,29,31-39,41-42,44-47H2,1-3H3,(H,58,65)/b10-7-,16-13+,18-15-,22-19+,25-24-,27-26+,30-28+,43-40+. The van der Waals surface area contributed by atoms with E-state index in [1.165, 1.54) is 57.8 Å². The molecule has 1 amide bonds. The summed E-state index contributed by atoms with van der Waals surface area (Å²) in [7, 11) is 0. The van der Waals surface area contributed by atoms with Crippen LogP contribution in [0.3, 0.4) is 0 Å². The lowest BCUT2D eigenvalue weighted by Gasteiger charge is -2.41. The summed E-state index contributed by atoms with van der Waals surface area (Å²) in [6, 6.07) is -1.04. The third-order valence-electron chi connectivity index (χ3n) is 11.9. The number of hydrogen-bond acceptors (Lipinski definition) is 10. The van der Waals surface area contributed by atoms with E-state index in [0.717, 1.165) is 83.5 Å². The van der Waals surface area contributed by atoms with E-state index in [9.17, 15) is 35.1 Å². The molecule has 8 unspecified atom stereocenters. The SMILES string of the molecule is CC\C=C/C=C/C=C/C=C\C=C\C=C\CCCCCC(=O)OC1C(OCC(NC(=O)C(O)CCCCCC/C=C\CCCC)C(O)/C=C/CCCCCCCCCCCC)OC(CO)C(O)C1O. The minimum absolute atomic E-state index is 0.0662. The van der Waals surface area contributed by atoms with E-state index in [0.29, 0.717) is 12.8 Å². The number of aliphatic hydroxyl groups is 5. The van der Waals surface area contributed by atoms with E-state index in [4.69, 9.17) is 14.2 Å². The second-order valence-electron chi connectivity index (χ2n) is 18.0. The average molecular weight is 954 g/mol. The summed E-state index contributed by atoms with van der Waals surface area (Å²) >= 11 is 0. The highest BCUT2D eigenvalue weighted by Crippen LogP contribution is 2.26. The smallest absolute Gasteiger partial charge is 0.306 e. The Labute approximate surface area is 412 Å². The van der Waals surface area contributed by atoms with E-state index in [-0.39, 0.29) is 19.4 Å². The Balaban J connectivity index is 2.81. The summed E-state index contributed by atoms with van der Waals surface area (Å²) in [6.45, 7) is 5.52. The van der Waals surface area contributed by atoms with Crippen LogP contribution in [0.25, 0.3) is 0 Å². The number of aliphatic hydroxyl groups excluding tert-OH is 5. The van der Waals surface area contributed by atoms with Crippen LogP contribution < -0.4 is 5.32 Å². The van der Waals surface area contributed by atoms with Crippen molar-refractivity contribution in [2.45, 2.75) is 237 Å². The topological polar surface area (TPSA) is 175 Å². The number of hydrogen-bond donors (Lipinski definition) is 6. The summed E-state index contributed by atoms with van der Waals surface area (Å²) in [5.41, 5.74) is 0. The molecule has 1 saturated heterocycles. The molecule has 1 aliphatic rings. The van der Waals surface area contributed by atoms with Gasteiger partial charge in [0.15, 0.2) is 12.4 Å². The van der Waals surface area contributed by atoms with Crippen molar-refractivity contribution < 1.29 is 49.3 Å². The van der Waals surface area contributed by atoms with Crippen LogP contribution in [0.2, 0.25) is 0 Å². The predicted molar refractivity (Wildman–Crippen MR) is 278 cm³/mol. The minimum atomic E-state index is -1.64. The largest absolute Gasteiger partial charge is 0.454 e. The lowest BCUT2D eigenvalue weighted by molar-refractivity contribution is -0.305. The Hall–Kier alpha value is -3.42. The second-order valence-corrected chi connectivity index (χ2v) is 18.0. The molecule has 6 N–H and O–H groups in total. The van der Waals surface area contributed by atoms with E-state index in [1.54, 1.807) is 6.08 Å². The van der Waals surface area contributed by atoms with Crippen molar-refractivity contribution in [2.75, 3.05) is 13.2 Å². The number of ether oxygens (including phenoxy) is 3. The number of carbonyl (C=O) groups excluding carboxylic acids is 2. The first-order valence-electron chi connectivity index (χ1n) is 26.6. The maximum Gasteiger partial charge on any atom is 0.306 e. The molecule has 0 radical (unpaired) electrons. The number of allylic oxidation sites excluding steroid dienone is 15. The maximum absolute atomic E-state index is 13.3. The molecule has 0 aromatic heterocycles. The van der Waals surface area contributed by atoms with Crippen LogP contribution in [0, 0.1) is 0 Å². The van der Waals surface area contributed by atoms with Gasteiger partial charge in [0, 0.05) is 6.42 Å². The van der Waals surface area contributed by atoms with Gasteiger partial charge in [-0.05, 0) is 64.2 Å². The fourth-order valence-corrected chi connectivity index (χ4v) is 7.60. The highest BCUT2D eigenvalue weighted by molar-refractivity contribution is 5.80. The lowest BCUT2D eigenvalue weighted by Crippen LogP contribution is -2.61. The molecule has 1 rings (SSSR count).